The van der Waals surface area contributed by atoms with Crippen LogP contribution in [0.4, 0.5) is 16.7 Å². The highest BCUT2D eigenvalue weighted by Crippen LogP contribution is 2.66. The molecule has 310 valence electrons. The molecule has 0 saturated carbocycles. The number of amides is 2. The Labute approximate surface area is 316 Å². The second-order valence-electron chi connectivity index (χ2n) is 12.8. The van der Waals surface area contributed by atoms with Crippen molar-refractivity contribution in [3.8, 4) is 0 Å². The van der Waals surface area contributed by atoms with Gasteiger partial charge < -0.3 is 61.6 Å². The number of imidazole rings is 1. The van der Waals surface area contributed by atoms with Crippen LogP contribution in [0, 0.1) is 0 Å². The van der Waals surface area contributed by atoms with Crippen LogP contribution < -0.4 is 33.0 Å². The van der Waals surface area contributed by atoms with E-state index in [1.807, 2.05) is 0 Å². The third-order valence-electron chi connectivity index (χ3n) is 8.69. The summed E-state index contributed by atoms with van der Waals surface area (Å²) in [5.74, 6) is -0.381. The van der Waals surface area contributed by atoms with Crippen LogP contribution in [0.15, 0.2) is 4.79 Å². The highest BCUT2D eigenvalue weighted by Gasteiger charge is 2.50. The lowest BCUT2D eigenvalue weighted by molar-refractivity contribution is -0.156. The summed E-state index contributed by atoms with van der Waals surface area (Å²) in [6.45, 7) is -0.213. The number of esters is 1. The van der Waals surface area contributed by atoms with E-state index in [0.717, 1.165) is 25.0 Å². The molecule has 9 atom stereocenters. The van der Waals surface area contributed by atoms with Crippen molar-refractivity contribution < 1.29 is 70.6 Å². The molecule has 0 aromatic carbocycles. The van der Waals surface area contributed by atoms with Crippen molar-refractivity contribution in [3.63, 3.8) is 0 Å². The zero-order valence-electron chi connectivity index (χ0n) is 29.0. The number of nitrogens with two attached hydrogens (primary N) is 2. The zero-order valence-corrected chi connectivity index (χ0v) is 32.5. The minimum absolute atomic E-state index is 0.0132. The molecule has 2 amide bonds. The number of nitrogens with zero attached hydrogens (tertiary/aromatic N) is 3. The van der Waals surface area contributed by atoms with Crippen molar-refractivity contribution >= 4 is 70.3 Å². The number of aliphatic hydroxyl groups is 1. The fraction of sp³-hybridized carbons (Fsp3) is 0.731. The lowest BCUT2D eigenvalue weighted by Crippen LogP contribution is -2.38. The van der Waals surface area contributed by atoms with E-state index in [1.54, 1.807) is 11.8 Å². The van der Waals surface area contributed by atoms with E-state index in [9.17, 15) is 43.0 Å². The van der Waals surface area contributed by atoms with Crippen LogP contribution >= 0.6 is 35.2 Å². The number of carbonyl (C=O) groups excluding carboxylic acids is 2. The van der Waals surface area contributed by atoms with Gasteiger partial charge in [-0.1, -0.05) is 19.3 Å². The summed E-state index contributed by atoms with van der Waals surface area (Å²) < 4.78 is 60.6. The van der Waals surface area contributed by atoms with E-state index >= 15 is 0 Å². The number of ether oxygens (including phenoxy) is 2. The average Bonchev–Trinajstić information content (AvgIpc) is 3.80. The van der Waals surface area contributed by atoms with Crippen molar-refractivity contribution in [1.82, 2.24) is 30.2 Å². The van der Waals surface area contributed by atoms with Crippen molar-refractivity contribution in [3.05, 3.63) is 10.4 Å². The molecular formula is C26H44N9O16P3S. The number of phosphoric acid groups is 3. The first-order valence-corrected chi connectivity index (χ1v) is 22.6. The molecule has 0 radical (unpaired) electrons. The lowest BCUT2D eigenvalue weighted by atomic mass is 10.0. The number of phosphoric ester groups is 1. The smallest absolute Gasteiger partial charge is 0.457 e. The Balaban J connectivity index is 1.33. The van der Waals surface area contributed by atoms with Crippen LogP contribution in [0.5, 0.6) is 0 Å². The summed E-state index contributed by atoms with van der Waals surface area (Å²) in [6.07, 6.45) is -2.04. The number of hydrogen-bond donors (Lipinski definition) is 11. The molecule has 3 aliphatic heterocycles. The zero-order chi connectivity index (χ0) is 40.1. The number of anilines is 2. The standard InChI is InChI=1S/C26H44N9O16P3S/c27-9-5-1-2-6-10-29-25-31-18-21(33-24(28)34-22(18)38)35(25)23-19(37)20(14(48-23)11-47-53(43,44)51-54(45,46)50-52(40,41)42)49-16(36)8-4-3-7-15-17-13(12-55-15)30-26(39)32-17/h13-15,17,19-20,23,37H,1-12,27H2,(H,29,31)(H,43,44)(H,45,46)(H2,30,32,39)(H2,40,41,42)(H3,28,33,34,38)/t13-,14+,15-,17-,19+,20+,23+/m0/s1. The third-order valence-corrected chi connectivity index (χ3v) is 14.0. The van der Waals surface area contributed by atoms with Crippen LogP contribution in [-0.2, 0) is 41.1 Å². The van der Waals surface area contributed by atoms with Crippen molar-refractivity contribution in [1.29, 1.82) is 0 Å². The molecule has 13 N–H and O–H groups in total. The van der Waals surface area contributed by atoms with E-state index in [2.05, 4.69) is 39.5 Å². The monoisotopic (exact) mass is 863 g/mol. The minimum Gasteiger partial charge on any atom is -0.457 e. The molecule has 5 heterocycles. The fourth-order valence-electron chi connectivity index (χ4n) is 6.34. The average molecular weight is 864 g/mol. The van der Waals surface area contributed by atoms with E-state index in [-0.39, 0.29) is 52.8 Å². The quantitative estimate of drug-likeness (QED) is 0.0337. The maximum Gasteiger partial charge on any atom is 0.490 e. The predicted octanol–water partition coefficient (Wildman–Crippen LogP) is -0.128. The maximum atomic E-state index is 13.1. The first-order chi connectivity index (χ1) is 25.9. The molecule has 0 spiro atoms. The lowest BCUT2D eigenvalue weighted by Gasteiger charge is -2.22. The van der Waals surface area contributed by atoms with Gasteiger partial charge in [-0.3, -0.25) is 23.7 Å². The number of aromatic amines is 1. The molecule has 2 aromatic rings. The summed E-state index contributed by atoms with van der Waals surface area (Å²) in [4.78, 5) is 85.7. The van der Waals surface area contributed by atoms with E-state index < -0.39 is 66.1 Å². The van der Waals surface area contributed by atoms with Gasteiger partial charge in [-0.05, 0) is 32.2 Å². The van der Waals surface area contributed by atoms with Gasteiger partial charge in [0.25, 0.3) is 5.56 Å². The first-order valence-electron chi connectivity index (χ1n) is 17.1. The second kappa shape index (κ2) is 18.3. The SMILES string of the molecule is NCCCCCCNc1nc2c(=O)[nH]c(N)nc2n1[C@@H]1O[C@H](COP(=O)(O)OP(=O)(O)OP(=O)(O)O)[C@@H](OC(=O)CCCC[C@@H]2SC[C@@H]3NC(=O)N[C@@H]32)[C@H]1O. The Morgan fingerprint density at radius 1 is 1.02 bits per heavy atom. The van der Waals surface area contributed by atoms with Crippen LogP contribution in [0.3, 0.4) is 0 Å². The van der Waals surface area contributed by atoms with Gasteiger partial charge in [0.15, 0.2) is 23.5 Å². The number of aromatic nitrogens is 4. The third kappa shape index (κ3) is 11.7. The Kier molecular flexibility index (Phi) is 14.4. The molecule has 3 aliphatic rings. The van der Waals surface area contributed by atoms with Crippen molar-refractivity contribution in [2.45, 2.75) is 93.2 Å². The highest BCUT2D eigenvalue weighted by molar-refractivity contribution is 8.00. The van der Waals surface area contributed by atoms with Gasteiger partial charge in [0.05, 0.1) is 18.7 Å². The van der Waals surface area contributed by atoms with Crippen LogP contribution in [-0.4, -0.2) is 117 Å². The number of unbranched alkanes of at least 4 members (excludes halogenated alkanes) is 4. The number of aliphatic hydroxyl groups excluding tert-OH is 1. The van der Waals surface area contributed by atoms with Gasteiger partial charge in [-0.2, -0.15) is 25.4 Å². The van der Waals surface area contributed by atoms with Gasteiger partial charge in [-0.15, -0.1) is 0 Å². The Bertz CT molecular complexity index is 1900. The second-order valence-corrected chi connectivity index (χ2v) is 18.5. The summed E-state index contributed by atoms with van der Waals surface area (Å²) in [5, 5.41) is 20.6. The van der Waals surface area contributed by atoms with Crippen LogP contribution in [0.2, 0.25) is 0 Å². The van der Waals surface area contributed by atoms with Gasteiger partial charge in [0, 0.05) is 24.0 Å². The summed E-state index contributed by atoms with van der Waals surface area (Å²) in [5.41, 5.74) is 10.3. The molecule has 5 rings (SSSR count). The predicted molar refractivity (Wildman–Crippen MR) is 192 cm³/mol. The molecule has 25 nitrogen and oxygen atoms in total. The number of urea groups is 1. The Morgan fingerprint density at radius 3 is 2.49 bits per heavy atom. The van der Waals surface area contributed by atoms with Gasteiger partial charge in [-0.25, -0.2) is 23.5 Å². The number of fused-ring (bicyclic) bond motifs is 2. The Hall–Kier alpha value is -2.67. The number of H-pyrrole nitrogens is 1. The maximum absolute atomic E-state index is 13.1. The molecule has 3 saturated heterocycles. The number of hydrogen-bond acceptors (Lipinski definition) is 18. The topological polar surface area (TPSA) is 384 Å². The van der Waals surface area contributed by atoms with Crippen molar-refractivity contribution in [2.75, 3.05) is 36.5 Å². The molecule has 2 unspecified atom stereocenters. The van der Waals surface area contributed by atoms with Gasteiger partial charge in [0.2, 0.25) is 11.9 Å². The van der Waals surface area contributed by atoms with Gasteiger partial charge in [0.1, 0.15) is 12.2 Å². The minimum atomic E-state index is -5.88. The summed E-state index contributed by atoms with van der Waals surface area (Å²) in [7, 11) is -17.2. The number of nitrogen functional groups attached to an aromatic ring is 1. The Morgan fingerprint density at radius 2 is 1.76 bits per heavy atom. The normalized spacial score (nSPS) is 27.3. The number of thioether (sulfide) groups is 1. The highest BCUT2D eigenvalue weighted by atomic mass is 32.2. The van der Waals surface area contributed by atoms with Crippen molar-refractivity contribution in [2.24, 2.45) is 5.73 Å². The number of nitrogens with one attached hydrogen (secondary N) is 4. The summed E-state index contributed by atoms with van der Waals surface area (Å²) in [6, 6.07) is -0.226. The van der Waals surface area contributed by atoms with Crippen LogP contribution in [0.25, 0.3) is 11.2 Å². The molecular weight excluding hydrogens is 819 g/mol. The largest absolute Gasteiger partial charge is 0.490 e. The molecule has 29 heteroatoms. The molecule has 55 heavy (non-hydrogen) atoms. The van der Waals surface area contributed by atoms with E-state index in [0.29, 0.717) is 38.8 Å². The molecule has 0 bridgehead atoms. The van der Waals surface area contributed by atoms with E-state index in [1.165, 1.54) is 4.57 Å². The molecule has 0 aliphatic carbocycles. The molecule has 2 aromatic heterocycles. The van der Waals surface area contributed by atoms with Crippen LogP contribution in [0.1, 0.15) is 57.6 Å². The fourth-order valence-corrected chi connectivity index (χ4v) is 10.9. The first kappa shape index (κ1) is 43.5. The molecule has 3 fully saturated rings. The summed E-state index contributed by atoms with van der Waals surface area (Å²) >= 11 is 1.70. The number of rotatable bonds is 21. The number of carbonyl (C=O) groups is 2. The van der Waals surface area contributed by atoms with E-state index in [4.69, 9.17) is 35.3 Å². The van der Waals surface area contributed by atoms with Gasteiger partial charge >= 0.3 is 35.5 Å².